The van der Waals surface area contributed by atoms with Gasteiger partial charge in [-0.25, -0.2) is 4.98 Å². The first-order chi connectivity index (χ1) is 17.6. The second-order valence-corrected chi connectivity index (χ2v) is 8.68. The van der Waals surface area contributed by atoms with E-state index in [-0.39, 0.29) is 24.3 Å². The van der Waals surface area contributed by atoms with Gasteiger partial charge in [0.1, 0.15) is 0 Å². The van der Waals surface area contributed by atoms with Crippen LogP contribution < -0.4 is 20.1 Å². The average molecular weight is 482 g/mol. The van der Waals surface area contributed by atoms with Crippen molar-refractivity contribution in [2.24, 2.45) is 5.92 Å². The lowest BCUT2D eigenvalue weighted by molar-refractivity contribution is -0.117. The summed E-state index contributed by atoms with van der Waals surface area (Å²) in [5.41, 5.74) is 1.78. The molecule has 7 nitrogen and oxygen atoms in total. The maximum absolute atomic E-state index is 13.1. The van der Waals surface area contributed by atoms with E-state index in [1.54, 1.807) is 12.3 Å². The van der Waals surface area contributed by atoms with Gasteiger partial charge in [0, 0.05) is 24.7 Å². The molecule has 4 aromatic rings. The van der Waals surface area contributed by atoms with Crippen LogP contribution in [0.5, 0.6) is 17.4 Å². The number of hydrogen-bond acceptors (Lipinski definition) is 5. The van der Waals surface area contributed by atoms with Crippen molar-refractivity contribution in [1.29, 1.82) is 0 Å². The number of fused-ring (bicyclic) bond motifs is 1. The minimum absolute atomic E-state index is 0.0370. The molecule has 0 bridgehead atoms. The Morgan fingerprint density at radius 2 is 1.67 bits per heavy atom. The molecule has 3 aromatic carbocycles. The van der Waals surface area contributed by atoms with E-state index >= 15 is 0 Å². The van der Waals surface area contributed by atoms with Crippen molar-refractivity contribution in [1.82, 2.24) is 10.3 Å². The van der Waals surface area contributed by atoms with Crippen LogP contribution in [0.4, 0.5) is 5.69 Å². The van der Waals surface area contributed by atoms with Gasteiger partial charge in [0.25, 0.3) is 5.91 Å². The third kappa shape index (κ3) is 5.46. The molecule has 7 heteroatoms. The largest absolute Gasteiger partial charge is 0.490 e. The van der Waals surface area contributed by atoms with E-state index in [4.69, 9.17) is 9.47 Å². The van der Waals surface area contributed by atoms with Crippen LogP contribution >= 0.6 is 0 Å². The Kier molecular flexibility index (Phi) is 6.80. The zero-order valence-electron chi connectivity index (χ0n) is 20.0. The summed E-state index contributed by atoms with van der Waals surface area (Å²) >= 11 is 0. The second-order valence-electron chi connectivity index (χ2n) is 8.68. The summed E-state index contributed by atoms with van der Waals surface area (Å²) in [5, 5.41) is 7.79. The monoisotopic (exact) mass is 481 g/mol. The van der Waals surface area contributed by atoms with E-state index in [0.29, 0.717) is 35.2 Å². The summed E-state index contributed by atoms with van der Waals surface area (Å²) in [6.45, 7) is 2.74. The van der Waals surface area contributed by atoms with Gasteiger partial charge in [-0.3, -0.25) is 9.59 Å². The number of nitrogens with zero attached hydrogens (tertiary/aromatic N) is 1. The van der Waals surface area contributed by atoms with Crippen molar-refractivity contribution >= 4 is 28.3 Å². The molecule has 0 radical (unpaired) electrons. The normalized spacial score (nSPS) is 12.7. The molecular formula is C29H27N3O4. The van der Waals surface area contributed by atoms with E-state index in [9.17, 15) is 9.59 Å². The topological polar surface area (TPSA) is 89.5 Å². The van der Waals surface area contributed by atoms with Crippen LogP contribution in [0.1, 0.15) is 35.7 Å². The number of aromatic nitrogens is 1. The number of amides is 2. The molecule has 1 heterocycles. The lowest BCUT2D eigenvalue weighted by atomic mass is 10.0. The lowest BCUT2D eigenvalue weighted by Gasteiger charge is -2.14. The Hall–Kier alpha value is -4.39. The number of carbonyl (C=O) groups is 2. The molecule has 0 atom stereocenters. The molecule has 0 saturated heterocycles. The highest BCUT2D eigenvalue weighted by Gasteiger charge is 2.30. The molecular weight excluding hydrogens is 454 g/mol. The highest BCUT2D eigenvalue weighted by molar-refractivity contribution is 6.08. The molecule has 36 heavy (non-hydrogen) atoms. The first-order valence-corrected chi connectivity index (χ1v) is 12.1. The SMILES string of the molecule is CCOc1ccccc1Oc1ccc(CNC(=O)c2cc3ccccc3cc2NC(=O)C2CC2)cn1. The summed E-state index contributed by atoms with van der Waals surface area (Å²) in [7, 11) is 0. The Labute approximate surface area is 209 Å². The van der Waals surface area contributed by atoms with Crippen molar-refractivity contribution in [3.05, 3.63) is 90.1 Å². The number of para-hydroxylation sites is 2. The molecule has 1 saturated carbocycles. The Bertz CT molecular complexity index is 1400. The number of hydrogen-bond donors (Lipinski definition) is 2. The van der Waals surface area contributed by atoms with Crippen molar-refractivity contribution in [3.63, 3.8) is 0 Å². The molecule has 5 rings (SSSR count). The molecule has 0 aliphatic heterocycles. The molecule has 1 aliphatic rings. The maximum Gasteiger partial charge on any atom is 0.253 e. The van der Waals surface area contributed by atoms with Crippen LogP contribution in [0.25, 0.3) is 10.8 Å². The molecule has 182 valence electrons. The van der Waals surface area contributed by atoms with E-state index in [1.807, 2.05) is 73.7 Å². The lowest BCUT2D eigenvalue weighted by Crippen LogP contribution is -2.25. The van der Waals surface area contributed by atoms with E-state index in [0.717, 1.165) is 29.2 Å². The van der Waals surface area contributed by atoms with Crippen LogP contribution in [-0.4, -0.2) is 23.4 Å². The van der Waals surface area contributed by atoms with Gasteiger partial charge in [-0.05, 0) is 60.4 Å². The second kappa shape index (κ2) is 10.5. The van der Waals surface area contributed by atoms with Gasteiger partial charge in [-0.1, -0.05) is 42.5 Å². The third-order valence-electron chi connectivity index (χ3n) is 5.95. The smallest absolute Gasteiger partial charge is 0.253 e. The number of pyridine rings is 1. The van der Waals surface area contributed by atoms with Crippen LogP contribution in [0.15, 0.2) is 79.0 Å². The van der Waals surface area contributed by atoms with Gasteiger partial charge < -0.3 is 20.1 Å². The fourth-order valence-corrected chi connectivity index (χ4v) is 3.89. The number of carbonyl (C=O) groups excluding carboxylic acids is 2. The third-order valence-corrected chi connectivity index (χ3v) is 5.95. The predicted molar refractivity (Wildman–Crippen MR) is 138 cm³/mol. The van der Waals surface area contributed by atoms with Gasteiger partial charge in [0.15, 0.2) is 11.5 Å². The first kappa shape index (κ1) is 23.4. The summed E-state index contributed by atoms with van der Waals surface area (Å²) in [6.07, 6.45) is 3.45. The number of ether oxygens (including phenoxy) is 2. The van der Waals surface area contributed by atoms with E-state index in [2.05, 4.69) is 15.6 Å². The molecule has 1 fully saturated rings. The number of benzene rings is 3. The highest BCUT2D eigenvalue weighted by atomic mass is 16.5. The minimum atomic E-state index is -0.266. The summed E-state index contributed by atoms with van der Waals surface area (Å²) in [4.78, 5) is 29.9. The molecule has 1 aliphatic carbocycles. The fraction of sp³-hybridized carbons (Fsp3) is 0.207. The van der Waals surface area contributed by atoms with Crippen molar-refractivity contribution in [2.45, 2.75) is 26.3 Å². The summed E-state index contributed by atoms with van der Waals surface area (Å²) in [5.74, 6) is 1.41. The maximum atomic E-state index is 13.1. The Morgan fingerprint density at radius 3 is 2.36 bits per heavy atom. The molecule has 1 aromatic heterocycles. The summed E-state index contributed by atoms with van der Waals surface area (Å²) < 4.78 is 11.5. The van der Waals surface area contributed by atoms with Gasteiger partial charge in [-0.2, -0.15) is 0 Å². The molecule has 2 N–H and O–H groups in total. The molecule has 0 spiro atoms. The molecule has 2 amide bonds. The number of nitrogens with one attached hydrogen (secondary N) is 2. The van der Waals surface area contributed by atoms with Crippen LogP contribution in [0, 0.1) is 5.92 Å². The van der Waals surface area contributed by atoms with Gasteiger partial charge in [0.2, 0.25) is 11.8 Å². The van der Waals surface area contributed by atoms with Gasteiger partial charge in [-0.15, -0.1) is 0 Å². The van der Waals surface area contributed by atoms with Crippen molar-refractivity contribution in [3.8, 4) is 17.4 Å². The zero-order chi connectivity index (χ0) is 24.9. The molecule has 0 unspecified atom stereocenters. The average Bonchev–Trinajstić information content (AvgIpc) is 3.75. The highest BCUT2D eigenvalue weighted by Crippen LogP contribution is 2.32. The Balaban J connectivity index is 1.28. The number of anilines is 1. The van der Waals surface area contributed by atoms with E-state index in [1.165, 1.54) is 0 Å². The van der Waals surface area contributed by atoms with Gasteiger partial charge >= 0.3 is 0 Å². The van der Waals surface area contributed by atoms with Crippen LogP contribution in [0.3, 0.4) is 0 Å². The van der Waals surface area contributed by atoms with Crippen LogP contribution in [0.2, 0.25) is 0 Å². The number of rotatable bonds is 9. The quantitative estimate of drug-likeness (QED) is 0.320. The van der Waals surface area contributed by atoms with Crippen molar-refractivity contribution in [2.75, 3.05) is 11.9 Å². The van der Waals surface area contributed by atoms with Crippen LogP contribution in [-0.2, 0) is 11.3 Å². The zero-order valence-corrected chi connectivity index (χ0v) is 20.0. The van der Waals surface area contributed by atoms with E-state index < -0.39 is 0 Å². The predicted octanol–water partition coefficient (Wildman–Crippen LogP) is 5.70. The first-order valence-electron chi connectivity index (χ1n) is 12.1. The standard InChI is InChI=1S/C29H27N3O4/c1-2-35-25-9-5-6-10-26(25)36-27-14-11-19(17-30-27)18-31-29(34)23-15-21-7-3-4-8-22(21)16-24(23)32-28(33)20-12-13-20/h3-11,14-17,20H,2,12-13,18H2,1H3,(H,31,34)(H,32,33). The minimum Gasteiger partial charge on any atom is -0.490 e. The summed E-state index contributed by atoms with van der Waals surface area (Å²) in [6, 6.07) is 22.5. The Morgan fingerprint density at radius 1 is 0.944 bits per heavy atom. The van der Waals surface area contributed by atoms with Gasteiger partial charge in [0.05, 0.1) is 17.9 Å². The van der Waals surface area contributed by atoms with Crippen molar-refractivity contribution < 1.29 is 19.1 Å². The fourth-order valence-electron chi connectivity index (χ4n) is 3.89.